The Morgan fingerprint density at radius 3 is 2.73 bits per heavy atom. The molecule has 0 saturated carbocycles. The molecule has 1 fully saturated rings. The SMILES string of the molecule is CC(C)(C)OC(=O)NC1CNCC1C#N. The molecule has 1 aliphatic heterocycles. The normalized spacial score (nSPS) is 25.7. The zero-order valence-corrected chi connectivity index (χ0v) is 9.33. The number of alkyl carbamates (subject to hydrolysis) is 1. The molecule has 1 saturated heterocycles. The van der Waals surface area contributed by atoms with Gasteiger partial charge in [0.1, 0.15) is 5.60 Å². The molecule has 0 aromatic heterocycles. The Morgan fingerprint density at radius 2 is 2.20 bits per heavy atom. The van der Waals surface area contributed by atoms with Gasteiger partial charge in [0.25, 0.3) is 0 Å². The van der Waals surface area contributed by atoms with E-state index in [1.54, 1.807) is 20.8 Å². The van der Waals surface area contributed by atoms with Crippen molar-refractivity contribution in [2.24, 2.45) is 5.92 Å². The summed E-state index contributed by atoms with van der Waals surface area (Å²) in [6.07, 6.45) is -0.462. The highest BCUT2D eigenvalue weighted by atomic mass is 16.6. The summed E-state index contributed by atoms with van der Waals surface area (Å²) in [5, 5.41) is 14.5. The molecule has 2 N–H and O–H groups in total. The van der Waals surface area contributed by atoms with Crippen LogP contribution in [0.4, 0.5) is 4.79 Å². The van der Waals surface area contributed by atoms with Crippen LogP contribution in [0.2, 0.25) is 0 Å². The Hall–Kier alpha value is -1.28. The first-order valence-electron chi connectivity index (χ1n) is 5.02. The van der Waals surface area contributed by atoms with E-state index in [0.29, 0.717) is 13.1 Å². The quantitative estimate of drug-likeness (QED) is 0.667. The van der Waals surface area contributed by atoms with Gasteiger partial charge in [0.2, 0.25) is 0 Å². The number of nitrogens with one attached hydrogen (secondary N) is 2. The molecule has 0 bridgehead atoms. The van der Waals surface area contributed by atoms with Crippen molar-refractivity contribution in [3.63, 3.8) is 0 Å². The summed E-state index contributed by atoms with van der Waals surface area (Å²) < 4.78 is 5.11. The maximum absolute atomic E-state index is 11.4. The van der Waals surface area contributed by atoms with Crippen LogP contribution >= 0.6 is 0 Å². The highest BCUT2D eigenvalue weighted by Gasteiger charge is 2.29. The van der Waals surface area contributed by atoms with E-state index in [4.69, 9.17) is 10.00 Å². The summed E-state index contributed by atoms with van der Waals surface area (Å²) in [6, 6.07) is 2.00. The average Bonchev–Trinajstić information content (AvgIpc) is 2.48. The summed E-state index contributed by atoms with van der Waals surface area (Å²) in [6.45, 7) is 6.66. The van der Waals surface area contributed by atoms with Crippen molar-refractivity contribution in [1.82, 2.24) is 10.6 Å². The Balaban J connectivity index is 2.42. The van der Waals surface area contributed by atoms with Crippen LogP contribution in [-0.2, 0) is 4.74 Å². The van der Waals surface area contributed by atoms with Gasteiger partial charge in [-0.05, 0) is 20.8 Å². The van der Waals surface area contributed by atoms with Gasteiger partial charge in [-0.1, -0.05) is 0 Å². The number of rotatable bonds is 1. The molecule has 1 heterocycles. The number of carbonyl (C=O) groups is 1. The van der Waals surface area contributed by atoms with Gasteiger partial charge in [0, 0.05) is 13.1 Å². The number of ether oxygens (including phenoxy) is 1. The Bertz CT molecular complexity index is 277. The topological polar surface area (TPSA) is 74.2 Å². The minimum atomic E-state index is -0.502. The van der Waals surface area contributed by atoms with E-state index >= 15 is 0 Å². The van der Waals surface area contributed by atoms with E-state index in [0.717, 1.165) is 0 Å². The summed E-state index contributed by atoms with van der Waals surface area (Å²) in [4.78, 5) is 11.4. The van der Waals surface area contributed by atoms with E-state index in [9.17, 15) is 4.79 Å². The van der Waals surface area contributed by atoms with Gasteiger partial charge < -0.3 is 15.4 Å². The minimum absolute atomic E-state index is 0.148. The number of hydrogen-bond acceptors (Lipinski definition) is 4. The number of hydrogen-bond donors (Lipinski definition) is 2. The van der Waals surface area contributed by atoms with Crippen LogP contribution in [0.5, 0.6) is 0 Å². The zero-order chi connectivity index (χ0) is 11.5. The second-order valence-corrected chi connectivity index (χ2v) is 4.65. The lowest BCUT2D eigenvalue weighted by Crippen LogP contribution is -2.42. The highest BCUT2D eigenvalue weighted by molar-refractivity contribution is 5.68. The van der Waals surface area contributed by atoms with Crippen molar-refractivity contribution in [2.75, 3.05) is 13.1 Å². The molecule has 0 aliphatic carbocycles. The third kappa shape index (κ3) is 3.76. The molecule has 5 nitrogen and oxygen atoms in total. The molecule has 1 rings (SSSR count). The fraction of sp³-hybridized carbons (Fsp3) is 0.800. The van der Waals surface area contributed by atoms with Crippen molar-refractivity contribution >= 4 is 6.09 Å². The molecule has 84 valence electrons. The average molecular weight is 211 g/mol. The Kier molecular flexibility index (Phi) is 3.53. The predicted molar refractivity (Wildman–Crippen MR) is 55.1 cm³/mol. The van der Waals surface area contributed by atoms with Crippen LogP contribution in [0.15, 0.2) is 0 Å². The van der Waals surface area contributed by atoms with E-state index in [-0.39, 0.29) is 12.0 Å². The van der Waals surface area contributed by atoms with Crippen molar-refractivity contribution < 1.29 is 9.53 Å². The number of carbonyl (C=O) groups excluding carboxylic acids is 1. The summed E-state index contributed by atoms with van der Waals surface area (Å²) >= 11 is 0. The molecular formula is C10H17N3O2. The van der Waals surface area contributed by atoms with Crippen LogP contribution in [0.3, 0.4) is 0 Å². The van der Waals surface area contributed by atoms with E-state index in [1.807, 2.05) is 0 Å². The third-order valence-electron chi connectivity index (χ3n) is 2.08. The smallest absolute Gasteiger partial charge is 0.407 e. The van der Waals surface area contributed by atoms with Crippen LogP contribution in [0.25, 0.3) is 0 Å². The van der Waals surface area contributed by atoms with Crippen molar-refractivity contribution in [2.45, 2.75) is 32.4 Å². The van der Waals surface area contributed by atoms with Crippen LogP contribution in [0, 0.1) is 17.2 Å². The fourth-order valence-corrected chi connectivity index (χ4v) is 1.43. The van der Waals surface area contributed by atoms with Gasteiger partial charge in [0.15, 0.2) is 0 Å². The van der Waals surface area contributed by atoms with Gasteiger partial charge in [-0.2, -0.15) is 5.26 Å². The van der Waals surface area contributed by atoms with Gasteiger partial charge >= 0.3 is 6.09 Å². The summed E-state index contributed by atoms with van der Waals surface area (Å²) in [5.74, 6) is -0.169. The van der Waals surface area contributed by atoms with Crippen molar-refractivity contribution in [1.29, 1.82) is 5.26 Å². The summed E-state index contributed by atoms with van der Waals surface area (Å²) in [5.41, 5.74) is -0.502. The standard InChI is InChI=1S/C10H17N3O2/c1-10(2,3)15-9(14)13-8-6-12-5-7(8)4-11/h7-8,12H,5-6H2,1-3H3,(H,13,14). The fourth-order valence-electron chi connectivity index (χ4n) is 1.43. The number of amides is 1. The lowest BCUT2D eigenvalue weighted by Gasteiger charge is -2.22. The maximum atomic E-state index is 11.4. The molecule has 0 spiro atoms. The predicted octanol–water partition coefficient (Wildman–Crippen LogP) is 0.623. The molecule has 0 radical (unpaired) electrons. The van der Waals surface area contributed by atoms with Gasteiger partial charge in [-0.15, -0.1) is 0 Å². The van der Waals surface area contributed by atoms with Crippen LogP contribution in [-0.4, -0.2) is 30.8 Å². The maximum Gasteiger partial charge on any atom is 0.407 e. The first-order chi connectivity index (χ1) is 6.92. The molecule has 0 aromatic rings. The van der Waals surface area contributed by atoms with E-state index < -0.39 is 11.7 Å². The second-order valence-electron chi connectivity index (χ2n) is 4.65. The Labute approximate surface area is 89.8 Å². The number of nitrogens with zero attached hydrogens (tertiary/aromatic N) is 1. The zero-order valence-electron chi connectivity index (χ0n) is 9.33. The molecule has 2 unspecified atom stereocenters. The first kappa shape index (κ1) is 11.8. The van der Waals surface area contributed by atoms with Gasteiger partial charge in [0.05, 0.1) is 18.0 Å². The van der Waals surface area contributed by atoms with Crippen LogP contribution in [0.1, 0.15) is 20.8 Å². The minimum Gasteiger partial charge on any atom is -0.444 e. The van der Waals surface area contributed by atoms with Crippen molar-refractivity contribution in [3.8, 4) is 6.07 Å². The highest BCUT2D eigenvalue weighted by Crippen LogP contribution is 2.10. The summed E-state index contributed by atoms with van der Waals surface area (Å²) in [7, 11) is 0. The lowest BCUT2D eigenvalue weighted by molar-refractivity contribution is 0.0502. The van der Waals surface area contributed by atoms with E-state index in [2.05, 4.69) is 16.7 Å². The second kappa shape index (κ2) is 4.49. The van der Waals surface area contributed by atoms with Gasteiger partial charge in [-0.3, -0.25) is 0 Å². The molecule has 0 aromatic carbocycles. The molecular weight excluding hydrogens is 194 g/mol. The lowest BCUT2D eigenvalue weighted by atomic mass is 10.1. The van der Waals surface area contributed by atoms with Gasteiger partial charge in [-0.25, -0.2) is 4.79 Å². The Morgan fingerprint density at radius 1 is 1.53 bits per heavy atom. The monoisotopic (exact) mass is 211 g/mol. The first-order valence-corrected chi connectivity index (χ1v) is 5.02. The molecule has 5 heteroatoms. The molecule has 15 heavy (non-hydrogen) atoms. The number of nitriles is 1. The molecule has 2 atom stereocenters. The van der Waals surface area contributed by atoms with Crippen molar-refractivity contribution in [3.05, 3.63) is 0 Å². The third-order valence-corrected chi connectivity index (χ3v) is 2.08. The van der Waals surface area contributed by atoms with E-state index in [1.165, 1.54) is 0 Å². The molecule has 1 amide bonds. The molecule has 1 aliphatic rings. The van der Waals surface area contributed by atoms with Crippen LogP contribution < -0.4 is 10.6 Å². The largest absolute Gasteiger partial charge is 0.444 e.